The van der Waals surface area contributed by atoms with E-state index < -0.39 is 0 Å². The first-order valence-electron chi connectivity index (χ1n) is 5.91. The highest BCUT2D eigenvalue weighted by Gasteiger charge is 2.21. The Morgan fingerprint density at radius 3 is 2.67 bits per heavy atom. The quantitative estimate of drug-likeness (QED) is 0.682. The van der Waals surface area contributed by atoms with Crippen molar-refractivity contribution in [1.82, 2.24) is 10.2 Å². The molecule has 15 heavy (non-hydrogen) atoms. The van der Waals surface area contributed by atoms with Crippen LogP contribution in [0.25, 0.3) is 0 Å². The van der Waals surface area contributed by atoms with E-state index in [2.05, 4.69) is 5.32 Å². The van der Waals surface area contributed by atoms with Gasteiger partial charge in [-0.2, -0.15) is 0 Å². The molecule has 1 N–H and O–H groups in total. The van der Waals surface area contributed by atoms with Gasteiger partial charge in [-0.25, -0.2) is 4.79 Å². The first-order chi connectivity index (χ1) is 7.27. The molecule has 0 aromatic rings. The number of rotatable bonds is 6. The fourth-order valence-electron chi connectivity index (χ4n) is 1.54. The van der Waals surface area contributed by atoms with Crippen LogP contribution in [-0.4, -0.2) is 43.3 Å². The third-order valence-electron chi connectivity index (χ3n) is 2.81. The van der Waals surface area contributed by atoms with Gasteiger partial charge in [-0.1, -0.05) is 0 Å². The summed E-state index contributed by atoms with van der Waals surface area (Å²) in [6.45, 7) is 6.72. The van der Waals surface area contributed by atoms with Gasteiger partial charge in [0.15, 0.2) is 0 Å². The summed E-state index contributed by atoms with van der Waals surface area (Å²) in [5, 5.41) is 3.03. The summed E-state index contributed by atoms with van der Waals surface area (Å²) in [4.78, 5) is 13.5. The third-order valence-corrected chi connectivity index (χ3v) is 2.81. The van der Waals surface area contributed by atoms with Gasteiger partial charge in [-0.3, -0.25) is 0 Å². The summed E-state index contributed by atoms with van der Waals surface area (Å²) in [7, 11) is 0. The molecule has 0 bridgehead atoms. The van der Waals surface area contributed by atoms with Gasteiger partial charge >= 0.3 is 6.03 Å². The van der Waals surface area contributed by atoms with Crippen LogP contribution >= 0.6 is 0 Å². The molecule has 88 valence electrons. The average Bonchev–Trinajstić information content (AvgIpc) is 2.18. The highest BCUT2D eigenvalue weighted by molar-refractivity contribution is 5.74. The molecular weight excluding hydrogens is 192 g/mol. The second-order valence-corrected chi connectivity index (χ2v) is 3.85. The summed E-state index contributed by atoms with van der Waals surface area (Å²) in [5.41, 5.74) is 0. The Bertz CT molecular complexity index is 193. The molecule has 0 aromatic heterocycles. The predicted octanol–water partition coefficient (Wildman–Crippen LogP) is 1.61. The van der Waals surface area contributed by atoms with Crippen LogP contribution in [0, 0.1) is 0 Å². The molecule has 0 unspecified atom stereocenters. The zero-order chi connectivity index (χ0) is 11.1. The Morgan fingerprint density at radius 1 is 1.47 bits per heavy atom. The first-order valence-corrected chi connectivity index (χ1v) is 5.91. The zero-order valence-corrected chi connectivity index (χ0v) is 9.79. The SMILES string of the molecule is CCOCCN(CC)C(=O)NC1CCC1. The number of urea groups is 1. The monoisotopic (exact) mass is 214 g/mol. The van der Waals surface area contributed by atoms with E-state index >= 15 is 0 Å². The van der Waals surface area contributed by atoms with Crippen molar-refractivity contribution < 1.29 is 9.53 Å². The smallest absolute Gasteiger partial charge is 0.317 e. The maximum atomic E-state index is 11.7. The highest BCUT2D eigenvalue weighted by Crippen LogP contribution is 2.18. The van der Waals surface area contributed by atoms with Crippen molar-refractivity contribution in [1.29, 1.82) is 0 Å². The van der Waals surface area contributed by atoms with E-state index in [1.807, 2.05) is 13.8 Å². The van der Waals surface area contributed by atoms with Crippen molar-refractivity contribution in [3.8, 4) is 0 Å². The highest BCUT2D eigenvalue weighted by atomic mass is 16.5. The Hall–Kier alpha value is -0.770. The lowest BCUT2D eigenvalue weighted by atomic mass is 9.93. The van der Waals surface area contributed by atoms with E-state index in [0.29, 0.717) is 25.8 Å². The fourth-order valence-corrected chi connectivity index (χ4v) is 1.54. The van der Waals surface area contributed by atoms with Crippen molar-refractivity contribution >= 4 is 6.03 Å². The van der Waals surface area contributed by atoms with Gasteiger partial charge in [0.25, 0.3) is 0 Å². The molecule has 1 rings (SSSR count). The zero-order valence-electron chi connectivity index (χ0n) is 9.79. The minimum Gasteiger partial charge on any atom is -0.380 e. The van der Waals surface area contributed by atoms with E-state index in [4.69, 9.17) is 4.74 Å². The van der Waals surface area contributed by atoms with Crippen molar-refractivity contribution in [3.63, 3.8) is 0 Å². The van der Waals surface area contributed by atoms with E-state index in [9.17, 15) is 4.79 Å². The van der Waals surface area contributed by atoms with Gasteiger partial charge in [-0.15, -0.1) is 0 Å². The molecule has 0 aliphatic heterocycles. The Morgan fingerprint density at radius 2 is 2.20 bits per heavy atom. The molecule has 4 heteroatoms. The van der Waals surface area contributed by atoms with Crippen LogP contribution in [0.1, 0.15) is 33.1 Å². The van der Waals surface area contributed by atoms with E-state index in [0.717, 1.165) is 19.4 Å². The second kappa shape index (κ2) is 6.67. The molecule has 1 aliphatic rings. The van der Waals surface area contributed by atoms with E-state index in [-0.39, 0.29) is 6.03 Å². The molecule has 1 fully saturated rings. The Kier molecular flexibility index (Phi) is 5.47. The van der Waals surface area contributed by atoms with Gasteiger partial charge < -0.3 is 15.0 Å². The molecule has 0 aromatic carbocycles. The number of likely N-dealkylation sites (N-methyl/N-ethyl adjacent to an activating group) is 1. The second-order valence-electron chi connectivity index (χ2n) is 3.85. The minimum atomic E-state index is 0.0573. The summed E-state index contributed by atoms with van der Waals surface area (Å²) >= 11 is 0. The molecule has 0 radical (unpaired) electrons. The largest absolute Gasteiger partial charge is 0.380 e. The molecule has 0 heterocycles. The van der Waals surface area contributed by atoms with Crippen molar-refractivity contribution in [3.05, 3.63) is 0 Å². The van der Waals surface area contributed by atoms with Crippen LogP contribution in [0.4, 0.5) is 4.79 Å². The topological polar surface area (TPSA) is 41.6 Å². The average molecular weight is 214 g/mol. The Labute approximate surface area is 92.0 Å². The lowest BCUT2D eigenvalue weighted by Crippen LogP contribution is -2.48. The molecule has 2 amide bonds. The predicted molar refractivity (Wildman–Crippen MR) is 59.9 cm³/mol. The molecule has 0 saturated heterocycles. The number of carbonyl (C=O) groups excluding carboxylic acids is 1. The molecule has 1 saturated carbocycles. The first kappa shape index (κ1) is 12.3. The summed E-state index contributed by atoms with van der Waals surface area (Å²) in [5.74, 6) is 0. The fraction of sp³-hybridized carbons (Fsp3) is 0.909. The van der Waals surface area contributed by atoms with Gasteiger partial charge in [0.05, 0.1) is 6.61 Å². The van der Waals surface area contributed by atoms with Crippen molar-refractivity contribution in [2.45, 2.75) is 39.2 Å². The maximum absolute atomic E-state index is 11.7. The van der Waals surface area contributed by atoms with Crippen LogP contribution in [-0.2, 0) is 4.74 Å². The van der Waals surface area contributed by atoms with Crippen molar-refractivity contribution in [2.24, 2.45) is 0 Å². The molecular formula is C11H22N2O2. The summed E-state index contributed by atoms with van der Waals surface area (Å²) < 4.78 is 5.24. The van der Waals surface area contributed by atoms with Gasteiger partial charge in [0.2, 0.25) is 0 Å². The van der Waals surface area contributed by atoms with Gasteiger partial charge in [-0.05, 0) is 33.1 Å². The minimum absolute atomic E-state index is 0.0573. The van der Waals surface area contributed by atoms with Gasteiger partial charge in [0.1, 0.15) is 0 Å². The Balaban J connectivity index is 2.19. The molecule has 0 spiro atoms. The number of nitrogens with zero attached hydrogens (tertiary/aromatic N) is 1. The third kappa shape index (κ3) is 4.08. The van der Waals surface area contributed by atoms with Crippen LogP contribution in [0.2, 0.25) is 0 Å². The number of nitrogens with one attached hydrogen (secondary N) is 1. The van der Waals surface area contributed by atoms with Crippen LogP contribution in [0.3, 0.4) is 0 Å². The number of ether oxygens (including phenoxy) is 1. The van der Waals surface area contributed by atoms with E-state index in [1.54, 1.807) is 4.90 Å². The van der Waals surface area contributed by atoms with Crippen LogP contribution < -0.4 is 5.32 Å². The lowest BCUT2D eigenvalue weighted by Gasteiger charge is -2.30. The van der Waals surface area contributed by atoms with Crippen LogP contribution in [0.5, 0.6) is 0 Å². The van der Waals surface area contributed by atoms with Crippen molar-refractivity contribution in [2.75, 3.05) is 26.3 Å². The van der Waals surface area contributed by atoms with Crippen LogP contribution in [0.15, 0.2) is 0 Å². The summed E-state index contributed by atoms with van der Waals surface area (Å²) in [6, 6.07) is 0.473. The van der Waals surface area contributed by atoms with Gasteiger partial charge in [0, 0.05) is 25.7 Å². The number of amides is 2. The summed E-state index contributed by atoms with van der Waals surface area (Å²) in [6.07, 6.45) is 3.51. The molecule has 1 aliphatic carbocycles. The number of hydrogen-bond acceptors (Lipinski definition) is 2. The lowest BCUT2D eigenvalue weighted by molar-refractivity contribution is 0.118. The number of carbonyl (C=O) groups is 1. The normalized spacial score (nSPS) is 15.9. The molecule has 0 atom stereocenters. The maximum Gasteiger partial charge on any atom is 0.317 e. The van der Waals surface area contributed by atoms with E-state index in [1.165, 1.54) is 6.42 Å². The molecule has 4 nitrogen and oxygen atoms in total. The number of hydrogen-bond donors (Lipinski definition) is 1. The standard InChI is InChI=1S/C11H22N2O2/c1-3-13(8-9-15-4-2)11(14)12-10-6-5-7-10/h10H,3-9H2,1-2H3,(H,12,14).